The molecule has 0 spiro atoms. The maximum absolute atomic E-state index is 12.0. The number of hydrogen-bond donors (Lipinski definition) is 0. The Bertz CT molecular complexity index is 882. The molecule has 23 heavy (non-hydrogen) atoms. The van der Waals surface area contributed by atoms with Gasteiger partial charge in [0.1, 0.15) is 12.3 Å². The van der Waals surface area contributed by atoms with Gasteiger partial charge in [-0.3, -0.25) is 4.98 Å². The molecule has 0 fully saturated rings. The molecular formula is C17H17N3O3. The Morgan fingerprint density at radius 3 is 2.65 bits per heavy atom. The van der Waals surface area contributed by atoms with Gasteiger partial charge in [-0.05, 0) is 26.0 Å². The summed E-state index contributed by atoms with van der Waals surface area (Å²) in [5.74, 6) is 1.07. The van der Waals surface area contributed by atoms with Crippen molar-refractivity contribution in [2.75, 3.05) is 7.11 Å². The first-order chi connectivity index (χ1) is 11.1. The lowest BCUT2D eigenvalue weighted by Crippen LogP contribution is -2.18. The van der Waals surface area contributed by atoms with E-state index in [1.165, 1.54) is 4.74 Å². The summed E-state index contributed by atoms with van der Waals surface area (Å²) in [6, 6.07) is 9.31. The molecule has 0 aliphatic heterocycles. The SMILES string of the molecule is COc1c(C)cnc(Cn2oc(-c3ccccc3)nc2=O)c1C. The molecule has 0 unspecified atom stereocenters. The van der Waals surface area contributed by atoms with E-state index in [0.29, 0.717) is 11.6 Å². The quantitative estimate of drug-likeness (QED) is 0.740. The summed E-state index contributed by atoms with van der Waals surface area (Å²) in [7, 11) is 1.62. The van der Waals surface area contributed by atoms with Crippen LogP contribution in [-0.2, 0) is 6.54 Å². The minimum Gasteiger partial charge on any atom is -0.496 e. The predicted molar refractivity (Wildman–Crippen MR) is 85.6 cm³/mol. The molecule has 0 N–H and O–H groups in total. The molecule has 3 aromatic rings. The minimum absolute atomic E-state index is 0.209. The number of methoxy groups -OCH3 is 1. The van der Waals surface area contributed by atoms with E-state index in [9.17, 15) is 4.79 Å². The number of aromatic nitrogens is 3. The third-order valence-corrected chi connectivity index (χ3v) is 3.67. The van der Waals surface area contributed by atoms with Gasteiger partial charge in [-0.15, -0.1) is 4.74 Å². The fourth-order valence-corrected chi connectivity index (χ4v) is 2.47. The smallest absolute Gasteiger partial charge is 0.380 e. The predicted octanol–water partition coefficient (Wildman–Crippen LogP) is 2.57. The molecule has 0 aliphatic rings. The normalized spacial score (nSPS) is 10.7. The number of rotatable bonds is 4. The molecule has 0 bridgehead atoms. The first kappa shape index (κ1) is 15.0. The third-order valence-electron chi connectivity index (χ3n) is 3.67. The van der Waals surface area contributed by atoms with E-state index in [1.807, 2.05) is 44.2 Å². The molecule has 118 valence electrons. The second-order valence-corrected chi connectivity index (χ2v) is 5.24. The van der Waals surface area contributed by atoms with E-state index in [0.717, 1.165) is 22.4 Å². The number of benzene rings is 1. The fraction of sp³-hybridized carbons (Fsp3) is 0.235. The van der Waals surface area contributed by atoms with Crippen LogP contribution in [0.15, 0.2) is 45.8 Å². The average Bonchev–Trinajstić information content (AvgIpc) is 2.92. The summed E-state index contributed by atoms with van der Waals surface area (Å²) >= 11 is 0. The summed E-state index contributed by atoms with van der Waals surface area (Å²) in [4.78, 5) is 20.4. The van der Waals surface area contributed by atoms with Crippen LogP contribution in [0.1, 0.15) is 16.8 Å². The third kappa shape index (κ3) is 2.88. The molecule has 1 aromatic carbocycles. The molecule has 0 saturated heterocycles. The molecule has 2 heterocycles. The van der Waals surface area contributed by atoms with Crippen molar-refractivity contribution in [2.24, 2.45) is 0 Å². The van der Waals surface area contributed by atoms with Gasteiger partial charge < -0.3 is 9.26 Å². The maximum atomic E-state index is 12.0. The van der Waals surface area contributed by atoms with E-state index in [4.69, 9.17) is 9.26 Å². The number of nitrogens with zero attached hydrogens (tertiary/aromatic N) is 3. The van der Waals surface area contributed by atoms with Crippen LogP contribution in [0.2, 0.25) is 0 Å². The molecule has 2 aromatic heterocycles. The Balaban J connectivity index is 1.96. The highest BCUT2D eigenvalue weighted by atomic mass is 16.5. The van der Waals surface area contributed by atoms with Crippen LogP contribution in [0.4, 0.5) is 0 Å². The number of pyridine rings is 1. The molecule has 6 nitrogen and oxygen atoms in total. The van der Waals surface area contributed by atoms with Gasteiger partial charge in [0.15, 0.2) is 0 Å². The average molecular weight is 311 g/mol. The summed E-state index contributed by atoms with van der Waals surface area (Å²) < 4.78 is 12.2. The van der Waals surface area contributed by atoms with Gasteiger partial charge in [0.25, 0.3) is 5.89 Å². The second kappa shape index (κ2) is 6.08. The molecule has 0 amide bonds. The molecular weight excluding hydrogens is 294 g/mol. The minimum atomic E-state index is -0.440. The summed E-state index contributed by atoms with van der Waals surface area (Å²) in [5, 5.41) is 0. The van der Waals surface area contributed by atoms with Crippen LogP contribution < -0.4 is 10.4 Å². The van der Waals surface area contributed by atoms with Crippen LogP contribution in [0.3, 0.4) is 0 Å². The Morgan fingerprint density at radius 1 is 1.22 bits per heavy atom. The Kier molecular flexibility index (Phi) is 3.97. The number of ether oxygens (including phenoxy) is 1. The van der Waals surface area contributed by atoms with Crippen LogP contribution in [-0.4, -0.2) is 21.8 Å². The van der Waals surface area contributed by atoms with E-state index in [-0.39, 0.29) is 6.54 Å². The number of aryl methyl sites for hydroxylation is 1. The molecule has 0 atom stereocenters. The van der Waals surface area contributed by atoms with Gasteiger partial charge >= 0.3 is 5.69 Å². The van der Waals surface area contributed by atoms with Crippen molar-refractivity contribution in [1.82, 2.24) is 14.7 Å². The zero-order valence-corrected chi connectivity index (χ0v) is 13.2. The van der Waals surface area contributed by atoms with Gasteiger partial charge in [0.2, 0.25) is 0 Å². The lowest BCUT2D eigenvalue weighted by Gasteiger charge is -2.11. The van der Waals surface area contributed by atoms with E-state index >= 15 is 0 Å². The monoisotopic (exact) mass is 311 g/mol. The molecule has 6 heteroatoms. The molecule has 0 aliphatic carbocycles. The topological polar surface area (TPSA) is 70.2 Å². The highest BCUT2D eigenvalue weighted by molar-refractivity contribution is 5.51. The largest absolute Gasteiger partial charge is 0.496 e. The van der Waals surface area contributed by atoms with E-state index < -0.39 is 5.69 Å². The van der Waals surface area contributed by atoms with E-state index in [1.54, 1.807) is 13.3 Å². The van der Waals surface area contributed by atoms with Crippen molar-refractivity contribution in [1.29, 1.82) is 0 Å². The highest BCUT2D eigenvalue weighted by Gasteiger charge is 2.14. The van der Waals surface area contributed by atoms with Gasteiger partial charge in [0.05, 0.1) is 12.8 Å². The van der Waals surface area contributed by atoms with Gasteiger partial charge in [-0.25, -0.2) is 4.79 Å². The van der Waals surface area contributed by atoms with Crippen molar-refractivity contribution in [3.8, 4) is 17.2 Å². The van der Waals surface area contributed by atoms with Crippen LogP contribution in [0.5, 0.6) is 5.75 Å². The van der Waals surface area contributed by atoms with Gasteiger partial charge in [-0.2, -0.15) is 4.98 Å². The molecule has 0 radical (unpaired) electrons. The highest BCUT2D eigenvalue weighted by Crippen LogP contribution is 2.24. The van der Waals surface area contributed by atoms with Crippen molar-refractivity contribution < 1.29 is 9.26 Å². The van der Waals surface area contributed by atoms with Gasteiger partial charge in [-0.1, -0.05) is 18.2 Å². The first-order valence-corrected chi connectivity index (χ1v) is 7.22. The van der Waals surface area contributed by atoms with Crippen molar-refractivity contribution >= 4 is 0 Å². The lowest BCUT2D eigenvalue weighted by molar-refractivity contribution is 0.283. The Hall–Kier alpha value is -2.89. The Labute approximate surface area is 133 Å². The van der Waals surface area contributed by atoms with E-state index in [2.05, 4.69) is 9.97 Å². The summed E-state index contributed by atoms with van der Waals surface area (Å²) in [5.41, 5.74) is 2.87. The Morgan fingerprint density at radius 2 is 1.96 bits per heavy atom. The van der Waals surface area contributed by atoms with Gasteiger partial charge in [0, 0.05) is 22.9 Å². The summed E-state index contributed by atoms with van der Waals surface area (Å²) in [6.07, 6.45) is 1.72. The first-order valence-electron chi connectivity index (χ1n) is 7.22. The maximum Gasteiger partial charge on any atom is 0.380 e. The second-order valence-electron chi connectivity index (χ2n) is 5.24. The zero-order valence-electron chi connectivity index (χ0n) is 13.2. The van der Waals surface area contributed by atoms with Crippen LogP contribution >= 0.6 is 0 Å². The van der Waals surface area contributed by atoms with Crippen molar-refractivity contribution in [2.45, 2.75) is 20.4 Å². The summed E-state index contributed by atoms with van der Waals surface area (Å²) in [6.45, 7) is 4.05. The lowest BCUT2D eigenvalue weighted by atomic mass is 10.1. The van der Waals surface area contributed by atoms with Crippen molar-refractivity contribution in [3.63, 3.8) is 0 Å². The molecule has 0 saturated carbocycles. The standard InChI is InChI=1S/C17H17N3O3/c1-11-9-18-14(12(2)15(11)22-3)10-20-17(21)19-16(23-20)13-7-5-4-6-8-13/h4-9H,10H2,1-3H3. The van der Waals surface area contributed by atoms with Crippen LogP contribution in [0.25, 0.3) is 11.5 Å². The fourth-order valence-electron chi connectivity index (χ4n) is 2.47. The zero-order chi connectivity index (χ0) is 16.4. The van der Waals surface area contributed by atoms with Crippen LogP contribution in [0, 0.1) is 13.8 Å². The van der Waals surface area contributed by atoms with Crippen molar-refractivity contribution in [3.05, 3.63) is 63.8 Å². The molecule has 3 rings (SSSR count). The number of hydrogen-bond acceptors (Lipinski definition) is 5.